The van der Waals surface area contributed by atoms with E-state index in [-0.39, 0.29) is 30.7 Å². The molecule has 0 aliphatic carbocycles. The number of hydrogen-bond donors (Lipinski definition) is 12. The second-order valence-electron chi connectivity index (χ2n) is 7.29. The van der Waals surface area contributed by atoms with E-state index < -0.39 is 29.9 Å². The lowest BCUT2D eigenvalue weighted by Crippen LogP contribution is -2.53. The number of amides is 2. The molecule has 0 aliphatic heterocycles. The molecule has 15 nitrogen and oxygen atoms in total. The van der Waals surface area contributed by atoms with Gasteiger partial charge < -0.3 is 49.5 Å². The Hall–Kier alpha value is -3.62. The van der Waals surface area contributed by atoms with E-state index in [4.69, 9.17) is 39.2 Å². The molecule has 15 heteroatoms. The minimum atomic E-state index is -0.959. The second kappa shape index (κ2) is 17.0. The third-order valence-electron chi connectivity index (χ3n) is 4.41. The Morgan fingerprint density at radius 2 is 1.18 bits per heavy atom. The Bertz CT molecular complexity index is 672. The van der Waals surface area contributed by atoms with Crippen LogP contribution in [-0.4, -0.2) is 73.7 Å². The Kier molecular flexibility index (Phi) is 15.1. The number of rotatable bonds is 17. The van der Waals surface area contributed by atoms with Crippen LogP contribution in [0.3, 0.4) is 0 Å². The number of nitrogens with one attached hydrogen (secondary N) is 8. The Morgan fingerprint density at radius 1 is 0.727 bits per heavy atom. The van der Waals surface area contributed by atoms with Gasteiger partial charge in [-0.05, 0) is 38.5 Å². The molecule has 3 atom stereocenters. The molecular weight excluding hydrogens is 432 g/mol. The summed E-state index contributed by atoms with van der Waals surface area (Å²) in [6.07, 6.45) is 3.90. The molecule has 1 radical (unpaired) electrons. The first-order valence-electron chi connectivity index (χ1n) is 10.5. The maximum absolute atomic E-state index is 12.7. The van der Waals surface area contributed by atoms with Gasteiger partial charge in [0.1, 0.15) is 6.04 Å². The molecule has 0 aromatic rings. The van der Waals surface area contributed by atoms with E-state index >= 15 is 0 Å². The van der Waals surface area contributed by atoms with Gasteiger partial charge in [-0.2, -0.15) is 0 Å². The summed E-state index contributed by atoms with van der Waals surface area (Å²) in [6, 6.07) is -2.73. The largest absolute Gasteiger partial charge is 0.370 e. The Labute approximate surface area is 193 Å². The highest BCUT2D eigenvalue weighted by molar-refractivity contribution is 5.90. The quantitative estimate of drug-likeness (QED) is 0.0559. The summed E-state index contributed by atoms with van der Waals surface area (Å²) in [5.41, 5.74) is 21.5. The number of carbonyl (C=O) groups is 2. The Morgan fingerprint density at radius 3 is 1.64 bits per heavy atom. The average Bonchev–Trinajstić information content (AvgIpc) is 2.74. The van der Waals surface area contributed by atoms with Crippen LogP contribution in [0.15, 0.2) is 0 Å². The minimum Gasteiger partial charge on any atom is -0.370 e. The molecular formula is C18H37N12O3. The lowest BCUT2D eigenvalue weighted by Gasteiger charge is -2.22. The van der Waals surface area contributed by atoms with E-state index in [1.807, 2.05) is 0 Å². The van der Waals surface area contributed by atoms with E-state index in [9.17, 15) is 14.4 Å². The highest BCUT2D eigenvalue weighted by atomic mass is 16.2. The van der Waals surface area contributed by atoms with Gasteiger partial charge in [0.2, 0.25) is 18.1 Å². The van der Waals surface area contributed by atoms with E-state index in [0.29, 0.717) is 45.3 Å². The second-order valence-corrected chi connectivity index (χ2v) is 7.29. The normalized spacial score (nSPS) is 13.0. The third-order valence-corrected chi connectivity index (χ3v) is 4.41. The van der Waals surface area contributed by atoms with Crippen LogP contribution in [-0.2, 0) is 14.4 Å². The maximum atomic E-state index is 12.7. The number of nitrogens with two attached hydrogens (primary N) is 4. The Balaban J connectivity index is 4.85. The van der Waals surface area contributed by atoms with Crippen molar-refractivity contribution in [2.24, 2.45) is 22.9 Å². The molecule has 0 aromatic carbocycles. The molecule has 187 valence electrons. The van der Waals surface area contributed by atoms with Crippen molar-refractivity contribution < 1.29 is 14.4 Å². The molecule has 0 saturated heterocycles. The molecule has 0 rings (SSSR count). The number of guanidine groups is 3. The first kappa shape index (κ1) is 29.4. The predicted octanol–water partition coefficient (Wildman–Crippen LogP) is -3.82. The van der Waals surface area contributed by atoms with Gasteiger partial charge >= 0.3 is 0 Å². The average molecular weight is 470 g/mol. The van der Waals surface area contributed by atoms with Gasteiger partial charge in [-0.3, -0.25) is 30.6 Å². The van der Waals surface area contributed by atoms with Gasteiger partial charge in [0.15, 0.2) is 17.9 Å². The first-order valence-corrected chi connectivity index (χ1v) is 10.5. The van der Waals surface area contributed by atoms with Crippen LogP contribution in [0.5, 0.6) is 0 Å². The predicted molar refractivity (Wildman–Crippen MR) is 125 cm³/mol. The monoisotopic (exact) mass is 469 g/mol. The van der Waals surface area contributed by atoms with Crippen LogP contribution in [0, 0.1) is 16.2 Å². The smallest absolute Gasteiger partial charge is 0.243 e. The van der Waals surface area contributed by atoms with E-state index in [1.165, 1.54) is 0 Å². The summed E-state index contributed by atoms with van der Waals surface area (Å²) in [4.78, 5) is 36.4. The van der Waals surface area contributed by atoms with Gasteiger partial charge in [0.25, 0.3) is 0 Å². The molecule has 0 heterocycles. The summed E-state index contributed by atoms with van der Waals surface area (Å²) in [7, 11) is 0. The maximum Gasteiger partial charge on any atom is 0.243 e. The summed E-state index contributed by atoms with van der Waals surface area (Å²) < 4.78 is 0. The topological polar surface area (TPSA) is 287 Å². The van der Waals surface area contributed by atoms with Crippen molar-refractivity contribution in [2.75, 3.05) is 19.6 Å². The van der Waals surface area contributed by atoms with Crippen molar-refractivity contribution in [2.45, 2.75) is 56.7 Å². The van der Waals surface area contributed by atoms with Gasteiger partial charge in [-0.15, -0.1) is 0 Å². The third kappa shape index (κ3) is 15.8. The number of hydrogen-bond acceptors (Lipinski definition) is 7. The van der Waals surface area contributed by atoms with E-state index in [1.54, 1.807) is 6.29 Å². The van der Waals surface area contributed by atoms with Crippen LogP contribution in [0.25, 0.3) is 0 Å². The van der Waals surface area contributed by atoms with Gasteiger partial charge in [0, 0.05) is 19.6 Å². The molecule has 0 aliphatic rings. The van der Waals surface area contributed by atoms with Crippen molar-refractivity contribution in [1.82, 2.24) is 26.6 Å². The van der Waals surface area contributed by atoms with Gasteiger partial charge in [-0.1, -0.05) is 0 Å². The van der Waals surface area contributed by atoms with Gasteiger partial charge in [0.05, 0.1) is 12.1 Å². The van der Waals surface area contributed by atoms with Crippen molar-refractivity contribution in [3.8, 4) is 0 Å². The van der Waals surface area contributed by atoms with Crippen LogP contribution in [0.1, 0.15) is 38.5 Å². The van der Waals surface area contributed by atoms with Crippen molar-refractivity contribution in [3.05, 3.63) is 0 Å². The lowest BCUT2D eigenvalue weighted by atomic mass is 10.1. The molecule has 0 unspecified atom stereocenters. The first-order chi connectivity index (χ1) is 15.6. The van der Waals surface area contributed by atoms with Crippen LogP contribution >= 0.6 is 0 Å². The van der Waals surface area contributed by atoms with Crippen molar-refractivity contribution in [1.29, 1.82) is 16.2 Å². The molecule has 0 saturated carbocycles. The number of carbonyl (C=O) groups excluding carboxylic acids is 3. The lowest BCUT2D eigenvalue weighted by molar-refractivity contribution is -0.130. The summed E-state index contributed by atoms with van der Waals surface area (Å²) in [5.74, 6) is -1.68. The van der Waals surface area contributed by atoms with Gasteiger partial charge in [-0.25, -0.2) is 0 Å². The van der Waals surface area contributed by atoms with Crippen LogP contribution < -0.4 is 49.5 Å². The molecule has 0 spiro atoms. The fourth-order valence-corrected chi connectivity index (χ4v) is 2.72. The molecule has 0 fully saturated rings. The van der Waals surface area contributed by atoms with E-state index in [0.717, 1.165) is 0 Å². The highest BCUT2D eigenvalue weighted by Crippen LogP contribution is 2.03. The SMILES string of the molecule is N=C(N)NCCC[C@@H]([C]=O)NC(=O)[C@H](CCCNC(=N)N)NC(=O)[C@@H](N)CCCNC(=N)N. The minimum absolute atomic E-state index is 0.178. The molecule has 33 heavy (non-hydrogen) atoms. The molecule has 0 bridgehead atoms. The molecule has 2 amide bonds. The fourth-order valence-electron chi connectivity index (χ4n) is 2.72. The van der Waals surface area contributed by atoms with Crippen LogP contribution in [0.2, 0.25) is 0 Å². The summed E-state index contributed by atoms with van der Waals surface area (Å²) in [5, 5.41) is 34.3. The summed E-state index contributed by atoms with van der Waals surface area (Å²) in [6.45, 7) is 1.05. The fraction of sp³-hybridized carbons (Fsp3) is 0.667. The van der Waals surface area contributed by atoms with E-state index in [2.05, 4.69) is 26.6 Å². The zero-order chi connectivity index (χ0) is 25.2. The highest BCUT2D eigenvalue weighted by Gasteiger charge is 2.25. The van der Waals surface area contributed by atoms with Crippen LogP contribution in [0.4, 0.5) is 0 Å². The van der Waals surface area contributed by atoms with Crippen molar-refractivity contribution >= 4 is 36.0 Å². The van der Waals surface area contributed by atoms with Crippen molar-refractivity contribution in [3.63, 3.8) is 0 Å². The summed E-state index contributed by atoms with van der Waals surface area (Å²) >= 11 is 0. The standard InChI is InChI=1S/C18H37N12O3/c19-12(5-2-8-27-17(22)23)14(32)30-13(6-3-9-28-18(24)25)15(33)29-11(10-31)4-1-7-26-16(20)21/h11-13H,1-9,19H2,(H,29,33)(H,30,32)(H4,20,21,26)(H4,22,23,27)(H4,24,25,28)/t11-,12-,13-/m0/s1. The molecule has 16 N–H and O–H groups in total. The zero-order valence-electron chi connectivity index (χ0n) is 18.6. The zero-order valence-corrected chi connectivity index (χ0v) is 18.6. The molecule has 0 aromatic heterocycles.